The van der Waals surface area contributed by atoms with E-state index in [-0.39, 0.29) is 0 Å². The number of para-hydroxylation sites is 2. The lowest BCUT2D eigenvalue weighted by Gasteiger charge is -2.03. The van der Waals surface area contributed by atoms with Crippen molar-refractivity contribution in [3.05, 3.63) is 48.7 Å². The van der Waals surface area contributed by atoms with E-state index < -0.39 is 0 Å². The first-order valence-corrected chi connectivity index (χ1v) is 5.04. The summed E-state index contributed by atoms with van der Waals surface area (Å²) in [7, 11) is 0. The first-order chi connectivity index (χ1) is 8.38. The van der Waals surface area contributed by atoms with Crippen molar-refractivity contribution in [1.82, 2.24) is 19.5 Å². The molecule has 0 saturated carbocycles. The molecule has 0 bridgehead atoms. The second-order valence-corrected chi connectivity index (χ2v) is 3.45. The Morgan fingerprint density at radius 1 is 1.12 bits per heavy atom. The molecule has 0 atom stereocenters. The molecule has 0 radical (unpaired) electrons. The number of hydrogen-bond acceptors (Lipinski definition) is 4. The van der Waals surface area contributed by atoms with Crippen molar-refractivity contribution in [3.63, 3.8) is 0 Å². The molecule has 0 amide bonds. The Bertz CT molecular complexity index is 723. The van der Waals surface area contributed by atoms with Crippen LogP contribution in [0.25, 0.3) is 16.9 Å². The van der Waals surface area contributed by atoms with E-state index in [4.69, 9.17) is 5.26 Å². The molecular weight excluding hydrogens is 214 g/mol. The average molecular weight is 221 g/mol. The highest BCUT2D eigenvalue weighted by Crippen LogP contribution is 2.12. The third-order valence-electron chi connectivity index (χ3n) is 2.42. The van der Waals surface area contributed by atoms with Crippen molar-refractivity contribution in [3.8, 4) is 11.9 Å². The molecular formula is C12H7N5. The monoisotopic (exact) mass is 221 g/mol. The third-order valence-corrected chi connectivity index (χ3v) is 2.42. The molecule has 2 aromatic heterocycles. The number of nitriles is 1. The van der Waals surface area contributed by atoms with Gasteiger partial charge in [0, 0.05) is 12.4 Å². The Balaban J connectivity index is 2.22. The maximum Gasteiger partial charge on any atom is 0.218 e. The first-order valence-electron chi connectivity index (χ1n) is 5.04. The van der Waals surface area contributed by atoms with Crippen LogP contribution in [-0.4, -0.2) is 19.5 Å². The summed E-state index contributed by atoms with van der Waals surface area (Å²) in [4.78, 5) is 12.7. The Labute approximate surface area is 97.0 Å². The highest BCUT2D eigenvalue weighted by molar-refractivity contribution is 5.74. The number of benzene rings is 1. The van der Waals surface area contributed by atoms with Crippen LogP contribution in [0.2, 0.25) is 0 Å². The van der Waals surface area contributed by atoms with E-state index in [0.717, 1.165) is 11.0 Å². The van der Waals surface area contributed by atoms with Crippen molar-refractivity contribution in [2.24, 2.45) is 0 Å². The van der Waals surface area contributed by atoms with Crippen molar-refractivity contribution in [2.75, 3.05) is 0 Å². The van der Waals surface area contributed by atoms with Crippen LogP contribution in [-0.2, 0) is 0 Å². The van der Waals surface area contributed by atoms with Gasteiger partial charge in [0.05, 0.1) is 17.2 Å². The number of imidazole rings is 1. The molecule has 0 aliphatic heterocycles. The van der Waals surface area contributed by atoms with Gasteiger partial charge in [0.1, 0.15) is 6.07 Å². The smallest absolute Gasteiger partial charge is 0.218 e. The standard InChI is InChI=1S/C12H7N5/c13-7-11-14-5-6-17(11)12-8-15-9-3-1-2-4-10(9)16-12/h1-6,8H. The van der Waals surface area contributed by atoms with Gasteiger partial charge in [-0.1, -0.05) is 12.1 Å². The van der Waals surface area contributed by atoms with E-state index in [1.807, 2.05) is 30.3 Å². The normalized spacial score (nSPS) is 10.3. The van der Waals surface area contributed by atoms with Crippen molar-refractivity contribution >= 4 is 11.0 Å². The molecule has 0 N–H and O–H groups in total. The van der Waals surface area contributed by atoms with Gasteiger partial charge in [-0.15, -0.1) is 0 Å². The van der Waals surface area contributed by atoms with Gasteiger partial charge in [0.2, 0.25) is 5.82 Å². The van der Waals surface area contributed by atoms with Crippen molar-refractivity contribution in [1.29, 1.82) is 5.26 Å². The molecule has 0 unspecified atom stereocenters. The summed E-state index contributed by atoms with van der Waals surface area (Å²) in [5, 5.41) is 8.90. The Morgan fingerprint density at radius 3 is 2.76 bits per heavy atom. The number of rotatable bonds is 1. The topological polar surface area (TPSA) is 67.4 Å². The summed E-state index contributed by atoms with van der Waals surface area (Å²) < 4.78 is 1.61. The van der Waals surface area contributed by atoms with Crippen LogP contribution >= 0.6 is 0 Å². The number of nitrogens with zero attached hydrogens (tertiary/aromatic N) is 5. The van der Waals surface area contributed by atoms with Gasteiger partial charge in [0.25, 0.3) is 0 Å². The van der Waals surface area contributed by atoms with Crippen LogP contribution in [0.5, 0.6) is 0 Å². The van der Waals surface area contributed by atoms with Gasteiger partial charge in [-0.2, -0.15) is 5.26 Å². The van der Waals surface area contributed by atoms with E-state index >= 15 is 0 Å². The van der Waals surface area contributed by atoms with E-state index in [0.29, 0.717) is 11.6 Å². The molecule has 3 aromatic rings. The molecule has 5 nitrogen and oxygen atoms in total. The minimum atomic E-state index is 0.301. The number of hydrogen-bond donors (Lipinski definition) is 0. The highest BCUT2D eigenvalue weighted by atomic mass is 15.1. The summed E-state index contributed by atoms with van der Waals surface area (Å²) in [6.45, 7) is 0. The maximum absolute atomic E-state index is 8.90. The second-order valence-electron chi connectivity index (χ2n) is 3.45. The van der Waals surface area contributed by atoms with Gasteiger partial charge < -0.3 is 0 Å². The molecule has 1 aromatic carbocycles. The van der Waals surface area contributed by atoms with Crippen LogP contribution in [0.3, 0.4) is 0 Å². The molecule has 0 spiro atoms. The SMILES string of the molecule is N#Cc1nccn1-c1cnc2ccccc2n1. The summed E-state index contributed by atoms with van der Waals surface area (Å²) in [6.07, 6.45) is 4.89. The van der Waals surface area contributed by atoms with Crippen molar-refractivity contribution in [2.45, 2.75) is 0 Å². The van der Waals surface area contributed by atoms with E-state index in [1.165, 1.54) is 0 Å². The zero-order valence-corrected chi connectivity index (χ0v) is 8.78. The van der Waals surface area contributed by atoms with Gasteiger partial charge in [-0.3, -0.25) is 9.55 Å². The Hall–Kier alpha value is -2.74. The maximum atomic E-state index is 8.90. The summed E-state index contributed by atoms with van der Waals surface area (Å²) in [5.41, 5.74) is 1.62. The third kappa shape index (κ3) is 1.52. The summed E-state index contributed by atoms with van der Waals surface area (Å²) in [5.74, 6) is 0.896. The second kappa shape index (κ2) is 3.68. The lowest BCUT2D eigenvalue weighted by Crippen LogP contribution is -2.00. The minimum absolute atomic E-state index is 0.301. The highest BCUT2D eigenvalue weighted by Gasteiger charge is 2.06. The van der Waals surface area contributed by atoms with Crippen LogP contribution in [0.4, 0.5) is 0 Å². The molecule has 0 aliphatic rings. The van der Waals surface area contributed by atoms with Gasteiger partial charge in [-0.25, -0.2) is 9.97 Å². The fourth-order valence-corrected chi connectivity index (χ4v) is 1.63. The first kappa shape index (κ1) is 9.48. The van der Waals surface area contributed by atoms with Crippen LogP contribution < -0.4 is 0 Å². The van der Waals surface area contributed by atoms with E-state index in [2.05, 4.69) is 15.0 Å². The number of fused-ring (bicyclic) bond motifs is 1. The van der Waals surface area contributed by atoms with Crippen LogP contribution in [0, 0.1) is 11.3 Å². The molecule has 0 fully saturated rings. The molecule has 0 saturated heterocycles. The lowest BCUT2D eigenvalue weighted by molar-refractivity contribution is 0.965. The molecule has 80 valence electrons. The van der Waals surface area contributed by atoms with E-state index in [9.17, 15) is 0 Å². The molecule has 0 aliphatic carbocycles. The van der Waals surface area contributed by atoms with Crippen LogP contribution in [0.15, 0.2) is 42.9 Å². The zero-order valence-electron chi connectivity index (χ0n) is 8.78. The predicted octanol–water partition coefficient (Wildman–Crippen LogP) is 1.69. The molecule has 5 heteroatoms. The zero-order chi connectivity index (χ0) is 11.7. The van der Waals surface area contributed by atoms with E-state index in [1.54, 1.807) is 23.2 Å². The Kier molecular flexibility index (Phi) is 2.06. The molecule has 2 heterocycles. The predicted molar refractivity (Wildman–Crippen MR) is 61.4 cm³/mol. The largest absolute Gasteiger partial charge is 0.274 e. The molecule has 3 rings (SSSR count). The minimum Gasteiger partial charge on any atom is -0.274 e. The number of aromatic nitrogens is 4. The fourth-order valence-electron chi connectivity index (χ4n) is 1.63. The average Bonchev–Trinajstić information content (AvgIpc) is 2.86. The quantitative estimate of drug-likeness (QED) is 0.627. The van der Waals surface area contributed by atoms with Gasteiger partial charge in [0.15, 0.2) is 5.82 Å². The lowest BCUT2D eigenvalue weighted by atomic mass is 10.3. The molecule has 17 heavy (non-hydrogen) atoms. The summed E-state index contributed by atoms with van der Waals surface area (Å²) >= 11 is 0. The summed E-state index contributed by atoms with van der Waals surface area (Å²) in [6, 6.07) is 9.60. The van der Waals surface area contributed by atoms with Crippen molar-refractivity contribution < 1.29 is 0 Å². The van der Waals surface area contributed by atoms with Gasteiger partial charge >= 0.3 is 0 Å². The van der Waals surface area contributed by atoms with Crippen LogP contribution in [0.1, 0.15) is 5.82 Å². The fraction of sp³-hybridized carbons (Fsp3) is 0. The Morgan fingerprint density at radius 2 is 1.94 bits per heavy atom. The van der Waals surface area contributed by atoms with Gasteiger partial charge in [-0.05, 0) is 12.1 Å².